The molecule has 1 aliphatic rings. The van der Waals surface area contributed by atoms with Crippen molar-refractivity contribution in [3.63, 3.8) is 0 Å². The van der Waals surface area contributed by atoms with Crippen molar-refractivity contribution < 1.29 is 4.79 Å². The molecule has 0 bridgehead atoms. The van der Waals surface area contributed by atoms with E-state index < -0.39 is 0 Å². The average molecular weight is 170 g/mol. The summed E-state index contributed by atoms with van der Waals surface area (Å²) in [5.74, 6) is 0.874. The number of hydrogen-bond donors (Lipinski definition) is 2. The van der Waals surface area contributed by atoms with Crippen LogP contribution in [0.15, 0.2) is 0 Å². The second kappa shape index (κ2) is 4.45. The fraction of sp³-hybridized carbons (Fsp3) is 0.889. The number of carbonyl (C=O) groups excluding carboxylic acids is 1. The van der Waals surface area contributed by atoms with Crippen LogP contribution in [0, 0.1) is 5.92 Å². The molecule has 0 saturated heterocycles. The second-order valence-corrected chi connectivity index (χ2v) is 3.76. The molecule has 0 aromatic carbocycles. The Morgan fingerprint density at radius 2 is 2.33 bits per heavy atom. The van der Waals surface area contributed by atoms with Crippen molar-refractivity contribution in [2.45, 2.75) is 38.6 Å². The molecule has 3 heteroatoms. The molecule has 1 rings (SSSR count). The maximum atomic E-state index is 11.1. The molecule has 70 valence electrons. The van der Waals surface area contributed by atoms with Gasteiger partial charge >= 0.3 is 0 Å². The van der Waals surface area contributed by atoms with Gasteiger partial charge in [-0.25, -0.2) is 0 Å². The molecule has 0 radical (unpaired) electrons. The van der Waals surface area contributed by atoms with Crippen molar-refractivity contribution in [2.75, 3.05) is 6.54 Å². The largest absolute Gasteiger partial charge is 0.356 e. The van der Waals surface area contributed by atoms with Crippen LogP contribution in [0.1, 0.15) is 32.6 Å². The highest BCUT2D eigenvalue weighted by atomic mass is 16.1. The van der Waals surface area contributed by atoms with E-state index in [0.717, 1.165) is 19.4 Å². The third-order valence-corrected chi connectivity index (χ3v) is 2.09. The molecule has 12 heavy (non-hydrogen) atoms. The van der Waals surface area contributed by atoms with Crippen molar-refractivity contribution in [3.8, 4) is 0 Å². The van der Waals surface area contributed by atoms with Gasteiger partial charge in [0, 0.05) is 19.0 Å². The van der Waals surface area contributed by atoms with Gasteiger partial charge < -0.3 is 11.1 Å². The van der Waals surface area contributed by atoms with Gasteiger partial charge in [-0.15, -0.1) is 0 Å². The highest BCUT2D eigenvalue weighted by molar-refractivity contribution is 5.76. The van der Waals surface area contributed by atoms with Gasteiger partial charge in [-0.05, 0) is 32.1 Å². The molecule has 1 amide bonds. The maximum absolute atomic E-state index is 11.1. The summed E-state index contributed by atoms with van der Waals surface area (Å²) in [4.78, 5) is 11.1. The molecule has 3 N–H and O–H groups in total. The van der Waals surface area contributed by atoms with Gasteiger partial charge in [-0.1, -0.05) is 0 Å². The number of rotatable bonds is 5. The Balaban J connectivity index is 1.94. The summed E-state index contributed by atoms with van der Waals surface area (Å²) in [6.07, 6.45) is 4.07. The van der Waals surface area contributed by atoms with Crippen molar-refractivity contribution in [1.29, 1.82) is 0 Å². The fourth-order valence-corrected chi connectivity index (χ4v) is 1.10. The number of hydrogen-bond acceptors (Lipinski definition) is 2. The van der Waals surface area contributed by atoms with Crippen LogP contribution in [0.5, 0.6) is 0 Å². The molecule has 1 fully saturated rings. The first-order valence-electron chi connectivity index (χ1n) is 4.70. The van der Waals surface area contributed by atoms with Crippen LogP contribution in [-0.4, -0.2) is 18.5 Å². The predicted molar refractivity (Wildman–Crippen MR) is 48.6 cm³/mol. The SMILES string of the molecule is CC(N)CCNC(=O)CC1CC1. The Morgan fingerprint density at radius 1 is 1.67 bits per heavy atom. The fourth-order valence-electron chi connectivity index (χ4n) is 1.10. The van der Waals surface area contributed by atoms with E-state index in [9.17, 15) is 4.79 Å². The zero-order valence-electron chi connectivity index (χ0n) is 7.68. The molecule has 0 aromatic heterocycles. The number of carbonyl (C=O) groups is 1. The zero-order chi connectivity index (χ0) is 8.97. The van der Waals surface area contributed by atoms with Gasteiger partial charge in [-0.2, -0.15) is 0 Å². The van der Waals surface area contributed by atoms with Gasteiger partial charge in [0.15, 0.2) is 0 Å². The average Bonchev–Trinajstić information content (AvgIpc) is 2.70. The first kappa shape index (κ1) is 9.52. The Kier molecular flexibility index (Phi) is 3.53. The number of amides is 1. The quantitative estimate of drug-likeness (QED) is 0.636. The first-order valence-corrected chi connectivity index (χ1v) is 4.70. The first-order chi connectivity index (χ1) is 5.68. The summed E-state index contributed by atoms with van der Waals surface area (Å²) < 4.78 is 0. The molecule has 3 nitrogen and oxygen atoms in total. The van der Waals surface area contributed by atoms with Crippen LogP contribution in [0.25, 0.3) is 0 Å². The van der Waals surface area contributed by atoms with Gasteiger partial charge in [0.2, 0.25) is 5.91 Å². The lowest BCUT2D eigenvalue weighted by Crippen LogP contribution is -2.28. The Morgan fingerprint density at radius 3 is 2.83 bits per heavy atom. The summed E-state index contributed by atoms with van der Waals surface area (Å²) in [5.41, 5.74) is 5.54. The van der Waals surface area contributed by atoms with Gasteiger partial charge in [0.1, 0.15) is 0 Å². The summed E-state index contributed by atoms with van der Waals surface area (Å²) in [5, 5.41) is 2.87. The van der Waals surface area contributed by atoms with Gasteiger partial charge in [0.25, 0.3) is 0 Å². The van der Waals surface area contributed by atoms with Crippen LogP contribution in [0.3, 0.4) is 0 Å². The van der Waals surface area contributed by atoms with Crippen LogP contribution < -0.4 is 11.1 Å². The Bertz CT molecular complexity index is 153. The third kappa shape index (κ3) is 4.34. The molecule has 1 saturated carbocycles. The van der Waals surface area contributed by atoms with Gasteiger partial charge in [-0.3, -0.25) is 4.79 Å². The Hall–Kier alpha value is -0.570. The van der Waals surface area contributed by atoms with E-state index in [4.69, 9.17) is 5.73 Å². The van der Waals surface area contributed by atoms with Crippen molar-refractivity contribution in [2.24, 2.45) is 11.7 Å². The number of nitrogens with one attached hydrogen (secondary N) is 1. The standard InChI is InChI=1S/C9H18N2O/c1-7(10)4-5-11-9(12)6-8-2-3-8/h7-8H,2-6,10H2,1H3,(H,11,12). The third-order valence-electron chi connectivity index (χ3n) is 2.09. The molecule has 0 heterocycles. The van der Waals surface area contributed by atoms with Crippen molar-refractivity contribution in [3.05, 3.63) is 0 Å². The molecular weight excluding hydrogens is 152 g/mol. The normalized spacial score (nSPS) is 18.8. The Labute approximate surface area is 73.7 Å². The van der Waals surface area contributed by atoms with Crippen LogP contribution in [-0.2, 0) is 4.79 Å². The molecule has 0 aromatic rings. The van der Waals surface area contributed by atoms with E-state index in [1.165, 1.54) is 12.8 Å². The van der Waals surface area contributed by atoms with E-state index in [1.54, 1.807) is 0 Å². The molecule has 1 aliphatic carbocycles. The van der Waals surface area contributed by atoms with E-state index in [1.807, 2.05) is 6.92 Å². The van der Waals surface area contributed by atoms with Crippen molar-refractivity contribution >= 4 is 5.91 Å². The minimum absolute atomic E-state index is 0.186. The predicted octanol–water partition coefficient (Wildman–Crippen LogP) is 0.640. The number of nitrogens with two attached hydrogens (primary N) is 1. The second-order valence-electron chi connectivity index (χ2n) is 3.76. The monoisotopic (exact) mass is 170 g/mol. The zero-order valence-corrected chi connectivity index (χ0v) is 7.68. The summed E-state index contributed by atoms with van der Waals surface area (Å²) in [6, 6.07) is 0.186. The van der Waals surface area contributed by atoms with E-state index in [0.29, 0.717) is 5.92 Å². The van der Waals surface area contributed by atoms with E-state index in [-0.39, 0.29) is 11.9 Å². The maximum Gasteiger partial charge on any atom is 0.220 e. The lowest BCUT2D eigenvalue weighted by atomic mass is 10.2. The smallest absolute Gasteiger partial charge is 0.220 e. The van der Waals surface area contributed by atoms with Crippen LogP contribution in [0.4, 0.5) is 0 Å². The minimum atomic E-state index is 0.186. The molecule has 0 aliphatic heterocycles. The van der Waals surface area contributed by atoms with Crippen molar-refractivity contribution in [1.82, 2.24) is 5.32 Å². The van der Waals surface area contributed by atoms with Gasteiger partial charge in [0.05, 0.1) is 0 Å². The molecule has 0 spiro atoms. The highest BCUT2D eigenvalue weighted by Gasteiger charge is 2.23. The molecule has 1 unspecified atom stereocenters. The summed E-state index contributed by atoms with van der Waals surface area (Å²) >= 11 is 0. The van der Waals surface area contributed by atoms with E-state index in [2.05, 4.69) is 5.32 Å². The lowest BCUT2D eigenvalue weighted by Gasteiger charge is -2.06. The van der Waals surface area contributed by atoms with Crippen LogP contribution in [0.2, 0.25) is 0 Å². The summed E-state index contributed by atoms with van der Waals surface area (Å²) in [7, 11) is 0. The topological polar surface area (TPSA) is 55.1 Å². The summed E-state index contributed by atoms with van der Waals surface area (Å²) in [6.45, 7) is 2.68. The lowest BCUT2D eigenvalue weighted by molar-refractivity contribution is -0.121. The minimum Gasteiger partial charge on any atom is -0.356 e. The van der Waals surface area contributed by atoms with Crippen LogP contribution >= 0.6 is 0 Å². The highest BCUT2D eigenvalue weighted by Crippen LogP contribution is 2.31. The molecule has 1 atom stereocenters. The van der Waals surface area contributed by atoms with E-state index >= 15 is 0 Å². The molecular formula is C9H18N2O.